The van der Waals surface area contributed by atoms with Crippen molar-refractivity contribution in [1.82, 2.24) is 19.7 Å². The van der Waals surface area contributed by atoms with Gasteiger partial charge in [0.15, 0.2) is 0 Å². The third-order valence-corrected chi connectivity index (χ3v) is 6.29. The van der Waals surface area contributed by atoms with Crippen molar-refractivity contribution in [3.63, 3.8) is 0 Å². The smallest absolute Gasteiger partial charge is 0.142 e. The van der Waals surface area contributed by atoms with Gasteiger partial charge in [0.05, 0.1) is 22.6 Å². The van der Waals surface area contributed by atoms with Crippen molar-refractivity contribution in [2.45, 2.75) is 19.4 Å². The number of nitrogens with two attached hydrogens (primary N) is 1. The number of nitrogens with zero attached hydrogens (tertiary/aromatic N) is 4. The van der Waals surface area contributed by atoms with E-state index < -0.39 is 5.82 Å². The maximum absolute atomic E-state index is 13.5. The zero-order chi connectivity index (χ0) is 19.3. The van der Waals surface area contributed by atoms with Crippen LogP contribution in [0.2, 0.25) is 5.02 Å². The third-order valence-electron chi connectivity index (χ3n) is 4.82. The summed E-state index contributed by atoms with van der Waals surface area (Å²) in [6.45, 7) is 1.25. The van der Waals surface area contributed by atoms with Crippen LogP contribution in [0.1, 0.15) is 11.3 Å². The van der Waals surface area contributed by atoms with Crippen molar-refractivity contribution in [3.8, 4) is 10.4 Å². The fourth-order valence-electron chi connectivity index (χ4n) is 3.58. The number of fused-ring (bicyclic) bond motifs is 5. The lowest BCUT2D eigenvalue weighted by molar-refractivity contribution is 0.614. The van der Waals surface area contributed by atoms with Crippen LogP contribution in [-0.4, -0.2) is 26.3 Å². The van der Waals surface area contributed by atoms with Gasteiger partial charge in [0, 0.05) is 28.9 Å². The molecular weight excluding hydrogens is 399 g/mol. The van der Waals surface area contributed by atoms with E-state index in [4.69, 9.17) is 17.3 Å². The molecule has 4 aromatic rings. The van der Waals surface area contributed by atoms with Gasteiger partial charge in [-0.05, 0) is 36.6 Å². The van der Waals surface area contributed by atoms with Gasteiger partial charge in [-0.15, -0.1) is 11.3 Å². The Labute approximate surface area is 169 Å². The Kier molecular flexibility index (Phi) is 4.26. The van der Waals surface area contributed by atoms with Crippen molar-refractivity contribution >= 4 is 44.7 Å². The van der Waals surface area contributed by atoms with E-state index in [1.807, 2.05) is 4.68 Å². The lowest BCUT2D eigenvalue weighted by atomic mass is 9.95. The van der Waals surface area contributed by atoms with Crippen LogP contribution in [0.5, 0.6) is 0 Å². The molecule has 0 unspecified atom stereocenters. The summed E-state index contributed by atoms with van der Waals surface area (Å²) in [5.41, 5.74) is 9.81. The highest BCUT2D eigenvalue weighted by molar-refractivity contribution is 7.22. The summed E-state index contributed by atoms with van der Waals surface area (Å²) < 4.78 is 15.4. The Morgan fingerprint density at radius 2 is 2.18 bits per heavy atom. The SMILES string of the molecule is NCCn1cc2c(n1)CCc1c-2sc2ncnc(Nc3ccc(F)c(Cl)c3)c12. The lowest BCUT2D eigenvalue weighted by Crippen LogP contribution is -2.10. The van der Waals surface area contributed by atoms with Gasteiger partial charge in [0.1, 0.15) is 22.8 Å². The van der Waals surface area contributed by atoms with Crippen LogP contribution < -0.4 is 11.1 Å². The van der Waals surface area contributed by atoms with E-state index in [2.05, 4.69) is 26.6 Å². The van der Waals surface area contributed by atoms with Crippen molar-refractivity contribution in [2.24, 2.45) is 5.73 Å². The highest BCUT2D eigenvalue weighted by atomic mass is 35.5. The number of anilines is 2. The van der Waals surface area contributed by atoms with Gasteiger partial charge in [0.25, 0.3) is 0 Å². The highest BCUT2D eigenvalue weighted by Crippen LogP contribution is 2.45. The minimum absolute atomic E-state index is 0.0691. The molecule has 0 fully saturated rings. The molecule has 0 aliphatic heterocycles. The van der Waals surface area contributed by atoms with Gasteiger partial charge in [-0.25, -0.2) is 14.4 Å². The first-order chi connectivity index (χ1) is 13.6. The van der Waals surface area contributed by atoms with E-state index in [-0.39, 0.29) is 5.02 Å². The summed E-state index contributed by atoms with van der Waals surface area (Å²) in [7, 11) is 0. The fraction of sp³-hybridized carbons (Fsp3) is 0.211. The van der Waals surface area contributed by atoms with Crippen LogP contribution in [0.25, 0.3) is 20.7 Å². The molecule has 3 heterocycles. The Bertz CT molecular complexity index is 1200. The second-order valence-electron chi connectivity index (χ2n) is 6.61. The number of aryl methyl sites for hydroxylation is 2. The molecule has 0 saturated carbocycles. The van der Waals surface area contributed by atoms with Crippen molar-refractivity contribution in [1.29, 1.82) is 0 Å². The van der Waals surface area contributed by atoms with Gasteiger partial charge >= 0.3 is 0 Å². The van der Waals surface area contributed by atoms with E-state index in [1.54, 1.807) is 23.5 Å². The molecule has 0 atom stereocenters. The zero-order valence-electron chi connectivity index (χ0n) is 14.7. The summed E-state index contributed by atoms with van der Waals surface area (Å²) in [5, 5.41) is 9.00. The number of nitrogens with one attached hydrogen (secondary N) is 1. The Hall–Kier alpha value is -2.55. The van der Waals surface area contributed by atoms with E-state index in [0.29, 0.717) is 24.6 Å². The first kappa shape index (κ1) is 17.5. The first-order valence-electron chi connectivity index (χ1n) is 8.89. The molecule has 0 spiro atoms. The molecule has 9 heteroatoms. The van der Waals surface area contributed by atoms with Crippen LogP contribution in [0.15, 0.2) is 30.7 Å². The summed E-state index contributed by atoms with van der Waals surface area (Å²) in [5.74, 6) is 0.248. The molecule has 1 aliphatic carbocycles. The van der Waals surface area contributed by atoms with Crippen LogP contribution in [0, 0.1) is 5.82 Å². The summed E-state index contributed by atoms with van der Waals surface area (Å²) >= 11 is 7.56. The molecule has 0 radical (unpaired) electrons. The van der Waals surface area contributed by atoms with Crippen LogP contribution in [-0.2, 0) is 19.4 Å². The fourth-order valence-corrected chi connectivity index (χ4v) is 4.98. The molecule has 5 rings (SSSR count). The molecule has 0 saturated heterocycles. The predicted octanol–water partition coefficient (Wildman–Crippen LogP) is 4.15. The Morgan fingerprint density at radius 3 is 3.00 bits per heavy atom. The average molecular weight is 415 g/mol. The molecule has 1 aromatic carbocycles. The standard InChI is InChI=1S/C19H16ClFN6S/c20-13-7-10(1-3-14(13)21)25-18-16-11-2-4-15-12(8-27(26-15)6-5-22)17(11)28-19(16)24-9-23-18/h1,3,7-9H,2,4-6,22H2,(H,23,24,25). The van der Waals surface area contributed by atoms with Gasteiger partial charge in [-0.3, -0.25) is 4.68 Å². The highest BCUT2D eigenvalue weighted by Gasteiger charge is 2.26. The lowest BCUT2D eigenvalue weighted by Gasteiger charge is -2.12. The van der Waals surface area contributed by atoms with Crippen LogP contribution >= 0.6 is 22.9 Å². The molecular formula is C19H16ClFN6S. The first-order valence-corrected chi connectivity index (χ1v) is 10.1. The quantitative estimate of drug-likeness (QED) is 0.524. The summed E-state index contributed by atoms with van der Waals surface area (Å²) in [6.07, 6.45) is 5.34. The zero-order valence-corrected chi connectivity index (χ0v) is 16.3. The van der Waals surface area contributed by atoms with Crippen molar-refractivity contribution in [2.75, 3.05) is 11.9 Å². The van der Waals surface area contributed by atoms with Gasteiger partial charge in [0.2, 0.25) is 0 Å². The Balaban J connectivity index is 1.61. The molecule has 142 valence electrons. The molecule has 28 heavy (non-hydrogen) atoms. The van der Waals surface area contributed by atoms with Crippen LogP contribution in [0.3, 0.4) is 0 Å². The topological polar surface area (TPSA) is 81.7 Å². The minimum Gasteiger partial charge on any atom is -0.340 e. The Morgan fingerprint density at radius 1 is 1.29 bits per heavy atom. The monoisotopic (exact) mass is 414 g/mol. The van der Waals surface area contributed by atoms with E-state index in [9.17, 15) is 4.39 Å². The number of rotatable bonds is 4. The second-order valence-corrected chi connectivity index (χ2v) is 8.01. The van der Waals surface area contributed by atoms with Gasteiger partial charge in [-0.1, -0.05) is 11.6 Å². The normalized spacial score (nSPS) is 12.8. The number of thiophene rings is 1. The molecule has 3 N–H and O–H groups in total. The number of hydrogen-bond acceptors (Lipinski definition) is 6. The predicted molar refractivity (Wildman–Crippen MR) is 110 cm³/mol. The van der Waals surface area contributed by atoms with E-state index >= 15 is 0 Å². The second kappa shape index (κ2) is 6.80. The number of halogens is 2. The van der Waals surface area contributed by atoms with E-state index in [1.165, 1.54) is 22.8 Å². The minimum atomic E-state index is -0.449. The molecule has 0 amide bonds. The molecule has 0 bridgehead atoms. The molecule has 1 aliphatic rings. The molecule has 3 aromatic heterocycles. The molecule has 6 nitrogen and oxygen atoms in total. The van der Waals surface area contributed by atoms with Gasteiger partial charge in [-0.2, -0.15) is 5.10 Å². The van der Waals surface area contributed by atoms with E-state index in [0.717, 1.165) is 34.3 Å². The van der Waals surface area contributed by atoms with Crippen molar-refractivity contribution in [3.05, 3.63) is 52.8 Å². The van der Waals surface area contributed by atoms with Gasteiger partial charge < -0.3 is 11.1 Å². The average Bonchev–Trinajstić information content (AvgIpc) is 3.26. The maximum atomic E-state index is 13.5. The number of aromatic nitrogens is 4. The summed E-state index contributed by atoms with van der Waals surface area (Å²) in [4.78, 5) is 11.0. The number of benzene rings is 1. The van der Waals surface area contributed by atoms with Crippen molar-refractivity contribution < 1.29 is 4.39 Å². The number of hydrogen-bond donors (Lipinski definition) is 2. The summed E-state index contributed by atoms with van der Waals surface area (Å²) in [6, 6.07) is 4.53. The van der Waals surface area contributed by atoms with Crippen LogP contribution in [0.4, 0.5) is 15.9 Å². The largest absolute Gasteiger partial charge is 0.340 e. The maximum Gasteiger partial charge on any atom is 0.142 e. The third kappa shape index (κ3) is 2.85.